The third-order valence-electron chi connectivity index (χ3n) is 3.70. The number of carbonyl (C=O) groups is 2. The van der Waals surface area contributed by atoms with Crippen molar-refractivity contribution in [2.75, 3.05) is 33.6 Å². The molecule has 0 spiro atoms. The monoisotopic (exact) mass is 460 g/mol. The first kappa shape index (κ1) is 24.1. The van der Waals surface area contributed by atoms with Gasteiger partial charge >= 0.3 is 0 Å². The Bertz CT molecular complexity index is 812. The van der Waals surface area contributed by atoms with E-state index in [0.717, 1.165) is 25.0 Å². The first-order valence-electron chi connectivity index (χ1n) is 9.00. The van der Waals surface area contributed by atoms with Gasteiger partial charge in [-0.1, -0.05) is 0 Å². The number of carbonyl (C=O) groups excluding carboxylic acids is 2. The molecule has 0 heterocycles. The molecule has 0 fully saturated rings. The quantitative estimate of drug-likeness (QED) is 0.363. The first-order valence-corrected chi connectivity index (χ1v) is 11.3. The predicted octanol–water partition coefficient (Wildman–Crippen LogP) is 5.07. The molecule has 0 bridgehead atoms. The van der Waals surface area contributed by atoms with Gasteiger partial charge in [0.1, 0.15) is 23.3 Å². The van der Waals surface area contributed by atoms with E-state index in [-0.39, 0.29) is 34.7 Å². The molecular weight excluding hydrogens is 440 g/mol. The maximum absolute atomic E-state index is 13.5. The zero-order chi connectivity index (χ0) is 21.9. The van der Waals surface area contributed by atoms with Crippen molar-refractivity contribution < 1.29 is 27.2 Å². The lowest BCUT2D eigenvalue weighted by Crippen LogP contribution is -2.15. The van der Waals surface area contributed by atoms with Gasteiger partial charge in [0.05, 0.1) is 22.9 Å². The molecule has 0 unspecified atom stereocenters. The molecule has 162 valence electrons. The van der Waals surface area contributed by atoms with Crippen LogP contribution in [0.4, 0.5) is 28.9 Å². The van der Waals surface area contributed by atoms with E-state index in [2.05, 4.69) is 10.6 Å². The fourth-order valence-electron chi connectivity index (χ4n) is 2.29. The summed E-state index contributed by atoms with van der Waals surface area (Å²) in [7, 11) is 0. The Morgan fingerprint density at radius 3 is 1.47 bits per heavy atom. The standard InChI is InChI=1S/C20H20F4N2O2S2/c21-13-3-5-17(15(23)9-13)25-19(27)11-29-7-1-2-8-30-12-20(28)26-18-6-4-14(22)10-16(18)24/h3-6,9-10H,1-2,7-8,11-12H2,(H,25,27)(H,26,28). The van der Waals surface area contributed by atoms with E-state index in [0.29, 0.717) is 23.6 Å². The molecule has 4 nitrogen and oxygen atoms in total. The van der Waals surface area contributed by atoms with E-state index in [1.54, 1.807) is 0 Å². The lowest BCUT2D eigenvalue weighted by atomic mass is 10.3. The number of rotatable bonds is 11. The smallest absolute Gasteiger partial charge is 0.234 e. The molecule has 2 aromatic carbocycles. The molecule has 2 amide bonds. The van der Waals surface area contributed by atoms with Crippen molar-refractivity contribution in [3.05, 3.63) is 59.7 Å². The van der Waals surface area contributed by atoms with Crippen molar-refractivity contribution in [3.63, 3.8) is 0 Å². The summed E-state index contributed by atoms with van der Waals surface area (Å²) in [5.41, 5.74) is -0.116. The summed E-state index contributed by atoms with van der Waals surface area (Å²) in [5.74, 6) is -2.08. The molecule has 0 saturated heterocycles. The highest BCUT2D eigenvalue weighted by atomic mass is 32.2. The van der Waals surface area contributed by atoms with Crippen molar-refractivity contribution in [1.29, 1.82) is 0 Å². The van der Waals surface area contributed by atoms with Crippen LogP contribution in [0.5, 0.6) is 0 Å². The third kappa shape index (κ3) is 8.66. The van der Waals surface area contributed by atoms with Gasteiger partial charge in [-0.25, -0.2) is 17.6 Å². The topological polar surface area (TPSA) is 58.2 Å². The number of hydrogen-bond acceptors (Lipinski definition) is 4. The molecule has 0 atom stereocenters. The fraction of sp³-hybridized carbons (Fsp3) is 0.300. The van der Waals surface area contributed by atoms with Crippen LogP contribution in [0.1, 0.15) is 12.8 Å². The molecule has 2 rings (SSSR count). The fourth-order valence-corrected chi connectivity index (χ4v) is 3.91. The van der Waals surface area contributed by atoms with E-state index in [9.17, 15) is 27.2 Å². The largest absolute Gasteiger partial charge is 0.323 e. The van der Waals surface area contributed by atoms with Crippen LogP contribution in [0.2, 0.25) is 0 Å². The van der Waals surface area contributed by atoms with E-state index in [1.165, 1.54) is 35.7 Å². The van der Waals surface area contributed by atoms with Crippen LogP contribution in [0.3, 0.4) is 0 Å². The second-order valence-electron chi connectivity index (χ2n) is 6.16. The summed E-state index contributed by atoms with van der Waals surface area (Å²) in [6, 6.07) is 5.89. The van der Waals surface area contributed by atoms with Crippen LogP contribution >= 0.6 is 23.5 Å². The number of hydrogen-bond donors (Lipinski definition) is 2. The molecule has 0 radical (unpaired) electrons. The molecule has 10 heteroatoms. The van der Waals surface area contributed by atoms with E-state index in [1.807, 2.05) is 0 Å². The van der Waals surface area contributed by atoms with Crippen molar-refractivity contribution in [3.8, 4) is 0 Å². The summed E-state index contributed by atoms with van der Waals surface area (Å²) in [6.07, 6.45) is 1.65. The Balaban J connectivity index is 1.51. The molecule has 0 aliphatic rings. The average Bonchev–Trinajstić information content (AvgIpc) is 2.68. The van der Waals surface area contributed by atoms with E-state index < -0.39 is 23.3 Å². The van der Waals surface area contributed by atoms with Gasteiger partial charge in [0.2, 0.25) is 11.8 Å². The highest BCUT2D eigenvalue weighted by Gasteiger charge is 2.09. The number of amides is 2. The second-order valence-corrected chi connectivity index (χ2v) is 8.37. The number of nitrogens with one attached hydrogen (secondary N) is 2. The lowest BCUT2D eigenvalue weighted by Gasteiger charge is -2.07. The number of benzene rings is 2. The SMILES string of the molecule is O=C(CSCCCCSCC(=O)Nc1ccc(F)cc1F)Nc1ccc(F)cc1F. The second kappa shape index (κ2) is 12.5. The summed E-state index contributed by atoms with van der Waals surface area (Å²) in [4.78, 5) is 23.5. The minimum absolute atomic E-state index is 0.0582. The van der Waals surface area contributed by atoms with Crippen LogP contribution in [-0.2, 0) is 9.59 Å². The number of unbranched alkanes of at least 4 members (excludes halogenated alkanes) is 1. The molecular formula is C20H20F4N2O2S2. The van der Waals surface area contributed by atoms with Crippen molar-refractivity contribution in [2.45, 2.75) is 12.8 Å². The van der Waals surface area contributed by atoms with Crippen LogP contribution in [0, 0.1) is 23.3 Å². The van der Waals surface area contributed by atoms with Gasteiger partial charge in [0.15, 0.2) is 0 Å². The van der Waals surface area contributed by atoms with Gasteiger partial charge in [-0.05, 0) is 48.6 Å². The number of thioether (sulfide) groups is 2. The molecule has 0 aromatic heterocycles. The van der Waals surface area contributed by atoms with Crippen LogP contribution in [0.25, 0.3) is 0 Å². The Morgan fingerprint density at radius 2 is 1.10 bits per heavy atom. The van der Waals surface area contributed by atoms with Gasteiger partial charge in [0, 0.05) is 12.1 Å². The highest BCUT2D eigenvalue weighted by Crippen LogP contribution is 2.17. The molecule has 0 aliphatic carbocycles. The minimum atomic E-state index is -0.823. The van der Waals surface area contributed by atoms with Gasteiger partial charge in [-0.3, -0.25) is 9.59 Å². The number of halogens is 4. The summed E-state index contributed by atoms with van der Waals surface area (Å²) >= 11 is 2.78. The van der Waals surface area contributed by atoms with Gasteiger partial charge in [-0.2, -0.15) is 23.5 Å². The third-order valence-corrected chi connectivity index (χ3v) is 5.79. The van der Waals surface area contributed by atoms with E-state index >= 15 is 0 Å². The zero-order valence-electron chi connectivity index (χ0n) is 15.9. The van der Waals surface area contributed by atoms with E-state index in [4.69, 9.17) is 0 Å². The molecule has 30 heavy (non-hydrogen) atoms. The van der Waals surface area contributed by atoms with Gasteiger partial charge in [-0.15, -0.1) is 0 Å². The van der Waals surface area contributed by atoms with Crippen LogP contribution in [-0.4, -0.2) is 34.8 Å². The van der Waals surface area contributed by atoms with Gasteiger partial charge < -0.3 is 10.6 Å². The average molecular weight is 461 g/mol. The predicted molar refractivity (Wildman–Crippen MR) is 114 cm³/mol. The van der Waals surface area contributed by atoms with Crippen molar-refractivity contribution in [1.82, 2.24) is 0 Å². The molecule has 0 saturated carbocycles. The van der Waals surface area contributed by atoms with Gasteiger partial charge in [0.25, 0.3) is 0 Å². The highest BCUT2D eigenvalue weighted by molar-refractivity contribution is 8.00. The summed E-state index contributed by atoms with van der Waals surface area (Å²) < 4.78 is 52.6. The molecule has 0 aliphatic heterocycles. The normalized spacial score (nSPS) is 10.7. The summed E-state index contributed by atoms with van der Waals surface area (Å²) in [6.45, 7) is 0. The lowest BCUT2D eigenvalue weighted by molar-refractivity contribution is -0.114. The Morgan fingerprint density at radius 1 is 0.700 bits per heavy atom. The molecule has 2 aromatic rings. The Kier molecular flexibility index (Phi) is 10.0. The van der Waals surface area contributed by atoms with Crippen LogP contribution in [0.15, 0.2) is 36.4 Å². The maximum Gasteiger partial charge on any atom is 0.234 e. The number of anilines is 2. The summed E-state index contributed by atoms with van der Waals surface area (Å²) in [5, 5.41) is 4.78. The Hall–Kier alpha value is -2.20. The Labute approximate surface area is 180 Å². The minimum Gasteiger partial charge on any atom is -0.323 e. The molecule has 2 N–H and O–H groups in total. The zero-order valence-corrected chi connectivity index (χ0v) is 17.5. The van der Waals surface area contributed by atoms with Crippen molar-refractivity contribution >= 4 is 46.7 Å². The van der Waals surface area contributed by atoms with Crippen LogP contribution < -0.4 is 10.6 Å². The van der Waals surface area contributed by atoms with Crippen molar-refractivity contribution in [2.24, 2.45) is 0 Å². The first-order chi connectivity index (χ1) is 14.3. The maximum atomic E-state index is 13.5.